The van der Waals surface area contributed by atoms with Gasteiger partial charge in [0.2, 0.25) is 0 Å². The first-order valence-corrected chi connectivity index (χ1v) is 6.38. The van der Waals surface area contributed by atoms with E-state index in [1.165, 1.54) is 30.5 Å². The van der Waals surface area contributed by atoms with Crippen LogP contribution in [0.4, 0.5) is 0 Å². The lowest BCUT2D eigenvalue weighted by molar-refractivity contribution is 0.173. The smallest absolute Gasteiger partial charge is 0.157 e. The molecule has 2 atom stereocenters. The molecule has 1 heterocycles. The third-order valence-corrected chi connectivity index (χ3v) is 4.38. The Balaban J connectivity index is 2.01. The minimum Gasteiger partial charge on any atom is -0.504 e. The van der Waals surface area contributed by atoms with Crippen LogP contribution in [0.15, 0.2) is 12.1 Å². The number of phenols is 2. The Morgan fingerprint density at radius 1 is 1.18 bits per heavy atom. The first kappa shape index (κ1) is 10.9. The van der Waals surface area contributed by atoms with Gasteiger partial charge in [-0.2, -0.15) is 0 Å². The number of aryl methyl sites for hydroxylation is 1. The molecule has 2 N–H and O–H groups in total. The van der Waals surface area contributed by atoms with Gasteiger partial charge in [0.05, 0.1) is 0 Å². The predicted molar refractivity (Wildman–Crippen MR) is 66.4 cm³/mol. The number of phenolic OH excluding ortho intramolecular Hbond substituents is 2. The zero-order valence-electron chi connectivity index (χ0n) is 10.2. The second kappa shape index (κ2) is 3.91. The molecule has 0 aromatic heterocycles. The summed E-state index contributed by atoms with van der Waals surface area (Å²) in [6, 6.07) is 3.52. The zero-order valence-corrected chi connectivity index (χ0v) is 10.2. The van der Waals surface area contributed by atoms with Gasteiger partial charge in [-0.25, -0.2) is 0 Å². The largest absolute Gasteiger partial charge is 0.504 e. The molecule has 3 heteroatoms. The summed E-state index contributed by atoms with van der Waals surface area (Å²) in [4.78, 5) is 2.36. The summed E-state index contributed by atoms with van der Waals surface area (Å²) >= 11 is 0. The zero-order chi connectivity index (χ0) is 12.0. The van der Waals surface area contributed by atoms with Crippen LogP contribution in [0.3, 0.4) is 0 Å². The van der Waals surface area contributed by atoms with E-state index in [0.717, 1.165) is 18.9 Å². The molecule has 1 aliphatic carbocycles. The SMILES string of the molecule is CN1CCC2CCc3cc(O)c(O)cc3C2C1. The summed E-state index contributed by atoms with van der Waals surface area (Å²) in [6.45, 7) is 2.25. The molecule has 17 heavy (non-hydrogen) atoms. The van der Waals surface area contributed by atoms with Crippen molar-refractivity contribution in [3.8, 4) is 11.5 Å². The maximum absolute atomic E-state index is 9.67. The third kappa shape index (κ3) is 1.78. The number of likely N-dealkylation sites (tertiary alicyclic amines) is 1. The average Bonchev–Trinajstić information content (AvgIpc) is 2.31. The Morgan fingerprint density at radius 2 is 1.94 bits per heavy atom. The van der Waals surface area contributed by atoms with E-state index >= 15 is 0 Å². The molecule has 1 saturated heterocycles. The van der Waals surface area contributed by atoms with E-state index in [-0.39, 0.29) is 11.5 Å². The lowest BCUT2D eigenvalue weighted by Gasteiger charge is -2.41. The number of piperidine rings is 1. The number of benzene rings is 1. The van der Waals surface area contributed by atoms with E-state index in [2.05, 4.69) is 11.9 Å². The van der Waals surface area contributed by atoms with Crippen molar-refractivity contribution in [3.63, 3.8) is 0 Å². The minimum atomic E-state index is 0.0198. The van der Waals surface area contributed by atoms with Gasteiger partial charge < -0.3 is 15.1 Å². The van der Waals surface area contributed by atoms with Crippen LogP contribution in [-0.2, 0) is 6.42 Å². The van der Waals surface area contributed by atoms with Crippen LogP contribution in [0.25, 0.3) is 0 Å². The number of hydrogen-bond donors (Lipinski definition) is 2. The van der Waals surface area contributed by atoms with Gasteiger partial charge in [-0.1, -0.05) is 0 Å². The van der Waals surface area contributed by atoms with Crippen LogP contribution >= 0.6 is 0 Å². The summed E-state index contributed by atoms with van der Waals surface area (Å²) in [6.07, 6.45) is 3.51. The molecule has 92 valence electrons. The van der Waals surface area contributed by atoms with Gasteiger partial charge in [0.1, 0.15) is 0 Å². The topological polar surface area (TPSA) is 43.7 Å². The Hall–Kier alpha value is -1.22. The summed E-state index contributed by atoms with van der Waals surface area (Å²) in [7, 11) is 2.16. The fraction of sp³-hybridized carbons (Fsp3) is 0.571. The minimum absolute atomic E-state index is 0.0198. The van der Waals surface area contributed by atoms with Crippen LogP contribution in [0.1, 0.15) is 29.9 Å². The molecule has 2 unspecified atom stereocenters. The number of hydrogen-bond acceptors (Lipinski definition) is 3. The molecule has 0 amide bonds. The monoisotopic (exact) mass is 233 g/mol. The molecule has 2 aliphatic rings. The van der Waals surface area contributed by atoms with Crippen molar-refractivity contribution in [1.29, 1.82) is 0 Å². The summed E-state index contributed by atoms with van der Waals surface area (Å²) in [5.74, 6) is 1.33. The van der Waals surface area contributed by atoms with E-state index in [4.69, 9.17) is 0 Å². The van der Waals surface area contributed by atoms with E-state index in [9.17, 15) is 10.2 Å². The van der Waals surface area contributed by atoms with Crippen molar-refractivity contribution < 1.29 is 10.2 Å². The number of likely N-dealkylation sites (N-methyl/N-ethyl adjacent to an activating group) is 1. The Morgan fingerprint density at radius 3 is 2.76 bits per heavy atom. The van der Waals surface area contributed by atoms with Gasteiger partial charge in [0.15, 0.2) is 11.5 Å². The maximum atomic E-state index is 9.67. The van der Waals surface area contributed by atoms with Gasteiger partial charge in [-0.15, -0.1) is 0 Å². The van der Waals surface area contributed by atoms with Crippen molar-refractivity contribution >= 4 is 0 Å². The van der Waals surface area contributed by atoms with Crippen LogP contribution in [-0.4, -0.2) is 35.3 Å². The second-order valence-electron chi connectivity index (χ2n) is 5.50. The van der Waals surface area contributed by atoms with E-state index in [0.29, 0.717) is 5.92 Å². The number of aromatic hydroxyl groups is 2. The van der Waals surface area contributed by atoms with Gasteiger partial charge >= 0.3 is 0 Å². The molecule has 1 aliphatic heterocycles. The normalized spacial score (nSPS) is 28.5. The fourth-order valence-electron chi connectivity index (χ4n) is 3.40. The highest BCUT2D eigenvalue weighted by atomic mass is 16.3. The highest BCUT2D eigenvalue weighted by molar-refractivity contribution is 5.48. The van der Waals surface area contributed by atoms with Crippen molar-refractivity contribution in [1.82, 2.24) is 4.90 Å². The van der Waals surface area contributed by atoms with Crippen molar-refractivity contribution in [2.24, 2.45) is 5.92 Å². The van der Waals surface area contributed by atoms with Crippen LogP contribution in [0.5, 0.6) is 11.5 Å². The molecular weight excluding hydrogens is 214 g/mol. The van der Waals surface area contributed by atoms with Crippen LogP contribution < -0.4 is 0 Å². The number of rotatable bonds is 0. The van der Waals surface area contributed by atoms with E-state index in [1.54, 1.807) is 12.1 Å². The maximum Gasteiger partial charge on any atom is 0.157 e. The third-order valence-electron chi connectivity index (χ3n) is 4.38. The molecule has 3 nitrogen and oxygen atoms in total. The quantitative estimate of drug-likeness (QED) is 0.674. The van der Waals surface area contributed by atoms with Crippen LogP contribution in [0.2, 0.25) is 0 Å². The standard InChI is InChI=1S/C14H19NO2/c1-15-5-4-9-2-3-10-6-13(16)14(17)7-11(10)12(9)8-15/h6-7,9,12,16-17H,2-5,8H2,1H3. The van der Waals surface area contributed by atoms with Crippen LogP contribution in [0, 0.1) is 5.92 Å². The first-order chi connectivity index (χ1) is 8.15. The lowest BCUT2D eigenvalue weighted by Crippen LogP contribution is -2.38. The van der Waals surface area contributed by atoms with Crippen molar-refractivity contribution in [3.05, 3.63) is 23.3 Å². The summed E-state index contributed by atoms with van der Waals surface area (Å²) in [5.41, 5.74) is 2.47. The van der Waals surface area contributed by atoms with Crippen molar-refractivity contribution in [2.75, 3.05) is 20.1 Å². The van der Waals surface area contributed by atoms with E-state index < -0.39 is 0 Å². The predicted octanol–water partition coefficient (Wildman–Crippen LogP) is 2.08. The Labute approximate surface area is 102 Å². The van der Waals surface area contributed by atoms with Gasteiger partial charge in [-0.3, -0.25) is 0 Å². The molecule has 1 aromatic carbocycles. The molecule has 1 fully saturated rings. The number of nitrogens with zero attached hydrogens (tertiary/aromatic N) is 1. The molecule has 1 aromatic rings. The molecule has 0 spiro atoms. The average molecular weight is 233 g/mol. The molecular formula is C14H19NO2. The highest BCUT2D eigenvalue weighted by Gasteiger charge is 2.33. The van der Waals surface area contributed by atoms with Gasteiger partial charge in [-0.05, 0) is 68.0 Å². The molecule has 0 saturated carbocycles. The second-order valence-corrected chi connectivity index (χ2v) is 5.50. The van der Waals surface area contributed by atoms with Crippen molar-refractivity contribution in [2.45, 2.75) is 25.2 Å². The first-order valence-electron chi connectivity index (χ1n) is 6.38. The van der Waals surface area contributed by atoms with Gasteiger partial charge in [0.25, 0.3) is 0 Å². The fourth-order valence-corrected chi connectivity index (χ4v) is 3.40. The molecule has 0 bridgehead atoms. The number of fused-ring (bicyclic) bond motifs is 3. The Kier molecular flexibility index (Phi) is 2.51. The molecule has 3 rings (SSSR count). The Bertz CT molecular complexity index is 444. The summed E-state index contributed by atoms with van der Waals surface area (Å²) in [5, 5.41) is 19.2. The van der Waals surface area contributed by atoms with Gasteiger partial charge in [0, 0.05) is 6.54 Å². The van der Waals surface area contributed by atoms with E-state index in [1.807, 2.05) is 0 Å². The molecule has 0 radical (unpaired) electrons. The summed E-state index contributed by atoms with van der Waals surface area (Å²) < 4.78 is 0. The lowest BCUT2D eigenvalue weighted by atomic mass is 9.71. The highest BCUT2D eigenvalue weighted by Crippen LogP contribution is 2.44.